The van der Waals surface area contributed by atoms with E-state index in [1.807, 2.05) is 0 Å². The number of ether oxygens (including phenoxy) is 2. The Morgan fingerprint density at radius 1 is 1.17 bits per heavy atom. The summed E-state index contributed by atoms with van der Waals surface area (Å²) in [5.74, 6) is 1.11. The number of nitrogens with one attached hydrogen (secondary N) is 1. The maximum atomic E-state index is 7.40. The largest absolute Gasteiger partial charge is 0.493 e. The van der Waals surface area contributed by atoms with Crippen molar-refractivity contribution < 1.29 is 9.47 Å². The zero-order valence-electron chi connectivity index (χ0n) is 6.88. The summed E-state index contributed by atoms with van der Waals surface area (Å²) in [5.41, 5.74) is 0.280. The minimum Gasteiger partial charge on any atom is -0.493 e. The fourth-order valence-electron chi connectivity index (χ4n) is 0.860. The molecule has 0 spiro atoms. The smallest absolute Gasteiger partial charge is 0.162 e. The minimum absolute atomic E-state index is 0.280. The molecule has 0 radical (unpaired) electrons. The van der Waals surface area contributed by atoms with Gasteiger partial charge in [-0.25, -0.2) is 0 Å². The second-order valence-electron chi connectivity index (χ2n) is 2.20. The lowest BCUT2D eigenvalue weighted by Crippen LogP contribution is -2.14. The maximum absolute atomic E-state index is 7.40. The average Bonchev–Trinajstić information content (AvgIpc) is 2.09. The van der Waals surface area contributed by atoms with Gasteiger partial charge in [0, 0.05) is 12.2 Å². The van der Waals surface area contributed by atoms with E-state index >= 15 is 0 Å². The third kappa shape index (κ3) is 1.53. The van der Waals surface area contributed by atoms with Crippen molar-refractivity contribution in [1.29, 1.82) is 5.41 Å². The van der Waals surface area contributed by atoms with Crippen molar-refractivity contribution >= 4 is 22.8 Å². The predicted octanol–water partition coefficient (Wildman–Crippen LogP) is 1.45. The fraction of sp³-hybridized carbons (Fsp3) is 0.250. The van der Waals surface area contributed by atoms with E-state index in [-0.39, 0.29) is 5.71 Å². The Bertz CT molecular complexity index is 261. The van der Waals surface area contributed by atoms with E-state index < -0.39 is 0 Å². The van der Waals surface area contributed by atoms with Gasteiger partial charge in [0.15, 0.2) is 11.5 Å². The summed E-state index contributed by atoms with van der Waals surface area (Å²) < 4.78 is 9.98. The normalized spacial score (nSPS) is 16.8. The van der Waals surface area contributed by atoms with Gasteiger partial charge in [-0.1, -0.05) is 12.2 Å². The van der Waals surface area contributed by atoms with E-state index in [4.69, 9.17) is 27.1 Å². The van der Waals surface area contributed by atoms with Crippen molar-refractivity contribution in [2.24, 2.45) is 0 Å². The van der Waals surface area contributed by atoms with Crippen molar-refractivity contribution in [3.05, 3.63) is 23.7 Å². The van der Waals surface area contributed by atoms with E-state index in [9.17, 15) is 0 Å². The lowest BCUT2D eigenvalue weighted by molar-refractivity contribution is 0.221. The van der Waals surface area contributed by atoms with Gasteiger partial charge in [-0.15, -0.1) is 0 Å². The number of rotatable bonds is 2. The van der Waals surface area contributed by atoms with Crippen LogP contribution in [0.25, 0.3) is 0 Å². The summed E-state index contributed by atoms with van der Waals surface area (Å²) in [6.07, 6.45) is 3.15. The number of thiocarbonyl (C=S) groups is 1. The van der Waals surface area contributed by atoms with E-state index in [2.05, 4.69) is 0 Å². The van der Waals surface area contributed by atoms with Gasteiger partial charge in [0.05, 0.1) is 24.8 Å². The van der Waals surface area contributed by atoms with E-state index in [0.717, 1.165) is 0 Å². The lowest BCUT2D eigenvalue weighted by Gasteiger charge is -2.13. The number of hydrogen-bond donors (Lipinski definition) is 1. The average molecular weight is 183 g/mol. The van der Waals surface area contributed by atoms with Gasteiger partial charge in [0.25, 0.3) is 0 Å². The monoisotopic (exact) mass is 183 g/mol. The highest BCUT2D eigenvalue weighted by atomic mass is 32.1. The van der Waals surface area contributed by atoms with Crippen LogP contribution in [0.1, 0.15) is 0 Å². The molecule has 1 N–H and O–H groups in total. The molecule has 0 bridgehead atoms. The molecule has 0 heterocycles. The van der Waals surface area contributed by atoms with Crippen LogP contribution in [0, 0.1) is 5.41 Å². The van der Waals surface area contributed by atoms with Gasteiger partial charge in [-0.05, 0) is 0 Å². The van der Waals surface area contributed by atoms with Crippen molar-refractivity contribution in [3.63, 3.8) is 0 Å². The second-order valence-corrected chi connectivity index (χ2v) is 2.64. The molecule has 0 atom stereocenters. The Morgan fingerprint density at radius 2 is 1.67 bits per heavy atom. The highest BCUT2D eigenvalue weighted by Gasteiger charge is 2.15. The first-order chi connectivity index (χ1) is 5.69. The molecule has 0 aromatic rings. The Hall–Kier alpha value is -1.16. The molecule has 1 aliphatic carbocycles. The summed E-state index contributed by atoms with van der Waals surface area (Å²) in [7, 11) is 3.07. The van der Waals surface area contributed by atoms with Crippen LogP contribution in [0.2, 0.25) is 0 Å². The first-order valence-electron chi connectivity index (χ1n) is 3.33. The first kappa shape index (κ1) is 8.93. The molecular weight excluding hydrogens is 174 g/mol. The summed E-state index contributed by atoms with van der Waals surface area (Å²) in [5, 5.41) is 7.40. The van der Waals surface area contributed by atoms with Gasteiger partial charge in [0.1, 0.15) is 0 Å². The Balaban J connectivity index is 3.00. The van der Waals surface area contributed by atoms with Crippen molar-refractivity contribution in [1.82, 2.24) is 0 Å². The second kappa shape index (κ2) is 3.49. The van der Waals surface area contributed by atoms with Crippen molar-refractivity contribution in [2.75, 3.05) is 14.2 Å². The highest BCUT2D eigenvalue weighted by Crippen LogP contribution is 2.16. The SMILES string of the molecule is COC1=CC(=N)C(=S)C=C1OC. The third-order valence-corrected chi connectivity index (χ3v) is 1.82. The summed E-state index contributed by atoms with van der Waals surface area (Å²) in [6, 6.07) is 0. The van der Waals surface area contributed by atoms with Crippen molar-refractivity contribution in [3.8, 4) is 0 Å². The molecule has 64 valence electrons. The van der Waals surface area contributed by atoms with E-state index in [1.165, 1.54) is 14.2 Å². The Kier molecular flexibility index (Phi) is 2.60. The van der Waals surface area contributed by atoms with E-state index in [1.54, 1.807) is 12.2 Å². The Labute approximate surface area is 76.2 Å². The maximum Gasteiger partial charge on any atom is 0.162 e. The van der Waals surface area contributed by atoms with Crippen LogP contribution in [0.3, 0.4) is 0 Å². The number of hydrogen-bond acceptors (Lipinski definition) is 4. The Morgan fingerprint density at radius 3 is 2.17 bits per heavy atom. The zero-order valence-corrected chi connectivity index (χ0v) is 7.70. The van der Waals surface area contributed by atoms with Gasteiger partial charge >= 0.3 is 0 Å². The molecule has 0 unspecified atom stereocenters. The van der Waals surface area contributed by atoms with Gasteiger partial charge < -0.3 is 9.47 Å². The first-order valence-corrected chi connectivity index (χ1v) is 3.74. The van der Waals surface area contributed by atoms with Crippen LogP contribution in [-0.4, -0.2) is 24.8 Å². The molecule has 3 nitrogen and oxygen atoms in total. The highest BCUT2D eigenvalue weighted by molar-refractivity contribution is 7.82. The van der Waals surface area contributed by atoms with Gasteiger partial charge in [-0.2, -0.15) is 0 Å². The molecular formula is C8H9NO2S. The molecule has 4 heteroatoms. The number of allylic oxidation sites excluding steroid dienone is 2. The topological polar surface area (TPSA) is 42.3 Å². The third-order valence-electron chi connectivity index (χ3n) is 1.49. The van der Waals surface area contributed by atoms with Crippen LogP contribution in [0.15, 0.2) is 23.7 Å². The standard InChI is InChI=1S/C8H9NO2S/c1-10-6-3-5(9)8(12)4-7(6)11-2/h3-4,9H,1-2H3. The van der Waals surface area contributed by atoms with Gasteiger partial charge in [0.2, 0.25) is 0 Å². The molecule has 1 aliphatic rings. The van der Waals surface area contributed by atoms with Crippen LogP contribution >= 0.6 is 12.2 Å². The molecule has 12 heavy (non-hydrogen) atoms. The summed E-state index contributed by atoms with van der Waals surface area (Å²) in [6.45, 7) is 0. The summed E-state index contributed by atoms with van der Waals surface area (Å²) in [4.78, 5) is 0.465. The molecule has 0 amide bonds. The van der Waals surface area contributed by atoms with Crippen LogP contribution in [-0.2, 0) is 9.47 Å². The molecule has 1 rings (SSSR count). The molecule has 0 fully saturated rings. The molecule has 0 aliphatic heterocycles. The molecule has 0 saturated heterocycles. The molecule has 0 aromatic heterocycles. The quantitative estimate of drug-likeness (QED) is 0.659. The molecule has 0 aromatic carbocycles. The summed E-state index contributed by atoms with van der Waals surface area (Å²) >= 11 is 4.89. The lowest BCUT2D eigenvalue weighted by atomic mass is 10.1. The minimum atomic E-state index is 0.280. The van der Waals surface area contributed by atoms with Crippen LogP contribution in [0.5, 0.6) is 0 Å². The van der Waals surface area contributed by atoms with E-state index in [0.29, 0.717) is 16.4 Å². The van der Waals surface area contributed by atoms with Crippen LogP contribution in [0.4, 0.5) is 0 Å². The zero-order chi connectivity index (χ0) is 9.14. The molecule has 0 saturated carbocycles. The number of methoxy groups -OCH3 is 2. The van der Waals surface area contributed by atoms with Gasteiger partial charge in [-0.3, -0.25) is 5.41 Å². The fourth-order valence-corrected chi connectivity index (χ4v) is 1.03. The van der Waals surface area contributed by atoms with Crippen LogP contribution < -0.4 is 0 Å². The van der Waals surface area contributed by atoms with Crippen molar-refractivity contribution in [2.45, 2.75) is 0 Å². The predicted molar refractivity (Wildman–Crippen MR) is 50.5 cm³/mol.